The molecule has 1 aromatic rings. The van der Waals surface area contributed by atoms with Crippen LogP contribution in [-0.4, -0.2) is 24.5 Å². The van der Waals surface area contributed by atoms with Crippen LogP contribution < -0.4 is 5.73 Å². The van der Waals surface area contributed by atoms with E-state index in [2.05, 4.69) is 36.1 Å². The average molecular weight is 246 g/mol. The first-order chi connectivity index (χ1) is 8.83. The lowest BCUT2D eigenvalue weighted by molar-refractivity contribution is 0.173. The lowest BCUT2D eigenvalue weighted by Gasteiger charge is -2.32. The second-order valence-electron chi connectivity index (χ2n) is 5.44. The molecule has 2 heteroatoms. The molecule has 0 aromatic heterocycles. The first kappa shape index (κ1) is 13.6. The van der Waals surface area contributed by atoms with Crippen molar-refractivity contribution in [2.24, 2.45) is 11.7 Å². The summed E-state index contributed by atoms with van der Waals surface area (Å²) in [5, 5.41) is 0. The molecule has 1 aromatic carbocycles. The zero-order chi connectivity index (χ0) is 12.8. The third-order valence-corrected chi connectivity index (χ3v) is 4.22. The topological polar surface area (TPSA) is 29.3 Å². The summed E-state index contributed by atoms with van der Waals surface area (Å²) in [4.78, 5) is 2.63. The zero-order valence-electron chi connectivity index (χ0n) is 11.6. The van der Waals surface area contributed by atoms with Gasteiger partial charge in [-0.2, -0.15) is 0 Å². The molecule has 1 atom stereocenters. The van der Waals surface area contributed by atoms with E-state index in [0.717, 1.165) is 12.3 Å². The summed E-state index contributed by atoms with van der Waals surface area (Å²) in [6, 6.07) is 8.59. The van der Waals surface area contributed by atoms with Gasteiger partial charge >= 0.3 is 0 Å². The molecular formula is C16H26N2. The number of hydrogen-bond donors (Lipinski definition) is 1. The number of nitrogens with zero attached hydrogens (tertiary/aromatic N) is 1. The molecule has 0 spiro atoms. The van der Waals surface area contributed by atoms with Crippen LogP contribution in [0.15, 0.2) is 24.3 Å². The molecule has 1 unspecified atom stereocenters. The molecule has 1 aliphatic heterocycles. The Labute approximate surface area is 111 Å². The molecule has 1 saturated heterocycles. The SMILES string of the molecule is CCC1CCCN(CCc2ccccc2CN)C1. The van der Waals surface area contributed by atoms with Crippen molar-refractivity contribution >= 4 is 0 Å². The Kier molecular flexibility index (Phi) is 5.21. The van der Waals surface area contributed by atoms with Crippen molar-refractivity contribution in [2.45, 2.75) is 39.2 Å². The highest BCUT2D eigenvalue weighted by atomic mass is 15.1. The summed E-state index contributed by atoms with van der Waals surface area (Å²) < 4.78 is 0. The fourth-order valence-electron chi connectivity index (χ4n) is 2.97. The van der Waals surface area contributed by atoms with Gasteiger partial charge in [-0.1, -0.05) is 37.6 Å². The highest BCUT2D eigenvalue weighted by Gasteiger charge is 2.18. The first-order valence-corrected chi connectivity index (χ1v) is 7.32. The third kappa shape index (κ3) is 3.56. The number of piperidine rings is 1. The van der Waals surface area contributed by atoms with E-state index in [1.165, 1.54) is 50.0 Å². The van der Waals surface area contributed by atoms with Gasteiger partial charge in [-0.15, -0.1) is 0 Å². The maximum Gasteiger partial charge on any atom is 0.0180 e. The molecule has 2 rings (SSSR count). The summed E-state index contributed by atoms with van der Waals surface area (Å²) in [6.07, 6.45) is 5.27. The fourth-order valence-corrected chi connectivity index (χ4v) is 2.97. The number of likely N-dealkylation sites (tertiary alicyclic amines) is 1. The molecule has 0 saturated carbocycles. The predicted molar refractivity (Wildman–Crippen MR) is 77.5 cm³/mol. The zero-order valence-corrected chi connectivity index (χ0v) is 11.6. The highest BCUT2D eigenvalue weighted by molar-refractivity contribution is 5.27. The summed E-state index contributed by atoms with van der Waals surface area (Å²) in [6.45, 7) is 6.74. The quantitative estimate of drug-likeness (QED) is 0.865. The van der Waals surface area contributed by atoms with Gasteiger partial charge in [0.25, 0.3) is 0 Å². The van der Waals surface area contributed by atoms with Crippen LogP contribution in [0.3, 0.4) is 0 Å². The molecule has 0 radical (unpaired) electrons. The minimum absolute atomic E-state index is 0.660. The van der Waals surface area contributed by atoms with Gasteiger partial charge < -0.3 is 10.6 Å². The Morgan fingerprint density at radius 1 is 1.28 bits per heavy atom. The van der Waals surface area contributed by atoms with E-state index in [0.29, 0.717) is 6.54 Å². The van der Waals surface area contributed by atoms with E-state index in [4.69, 9.17) is 5.73 Å². The van der Waals surface area contributed by atoms with Crippen molar-refractivity contribution < 1.29 is 0 Å². The van der Waals surface area contributed by atoms with Crippen molar-refractivity contribution in [3.05, 3.63) is 35.4 Å². The lowest BCUT2D eigenvalue weighted by atomic mass is 9.95. The van der Waals surface area contributed by atoms with Crippen LogP contribution in [0.1, 0.15) is 37.3 Å². The van der Waals surface area contributed by atoms with Crippen LogP contribution in [0.25, 0.3) is 0 Å². The van der Waals surface area contributed by atoms with Gasteiger partial charge in [0.15, 0.2) is 0 Å². The normalized spacial score (nSPS) is 21.1. The Bertz CT molecular complexity index is 362. The van der Waals surface area contributed by atoms with Gasteiger partial charge in [0.05, 0.1) is 0 Å². The minimum Gasteiger partial charge on any atom is -0.326 e. The maximum absolute atomic E-state index is 5.79. The third-order valence-electron chi connectivity index (χ3n) is 4.22. The van der Waals surface area contributed by atoms with Crippen LogP contribution in [-0.2, 0) is 13.0 Å². The highest BCUT2D eigenvalue weighted by Crippen LogP contribution is 2.19. The number of rotatable bonds is 5. The van der Waals surface area contributed by atoms with E-state index < -0.39 is 0 Å². The summed E-state index contributed by atoms with van der Waals surface area (Å²) in [5.74, 6) is 0.920. The Morgan fingerprint density at radius 2 is 2.06 bits per heavy atom. The lowest BCUT2D eigenvalue weighted by Crippen LogP contribution is -2.36. The van der Waals surface area contributed by atoms with Crippen LogP contribution in [0.2, 0.25) is 0 Å². The predicted octanol–water partition coefficient (Wildman–Crippen LogP) is 2.81. The van der Waals surface area contributed by atoms with Crippen LogP contribution in [0.4, 0.5) is 0 Å². The molecule has 1 aliphatic rings. The summed E-state index contributed by atoms with van der Waals surface area (Å²) in [7, 11) is 0. The van der Waals surface area contributed by atoms with Crippen molar-refractivity contribution in [1.29, 1.82) is 0 Å². The van der Waals surface area contributed by atoms with Crippen molar-refractivity contribution in [1.82, 2.24) is 4.90 Å². The first-order valence-electron chi connectivity index (χ1n) is 7.32. The molecule has 0 aliphatic carbocycles. The molecule has 18 heavy (non-hydrogen) atoms. The second-order valence-corrected chi connectivity index (χ2v) is 5.44. The molecular weight excluding hydrogens is 220 g/mol. The molecule has 0 bridgehead atoms. The summed E-state index contributed by atoms with van der Waals surface area (Å²) >= 11 is 0. The van der Waals surface area contributed by atoms with Gasteiger partial charge in [0.2, 0.25) is 0 Å². The standard InChI is InChI=1S/C16H26N2/c1-2-14-6-5-10-18(13-14)11-9-15-7-3-4-8-16(15)12-17/h3-4,7-8,14H,2,5-6,9-13,17H2,1H3. The van der Waals surface area contributed by atoms with Crippen LogP contribution in [0, 0.1) is 5.92 Å². The second kappa shape index (κ2) is 6.91. The van der Waals surface area contributed by atoms with Crippen molar-refractivity contribution in [3.8, 4) is 0 Å². The van der Waals surface area contributed by atoms with E-state index >= 15 is 0 Å². The maximum atomic E-state index is 5.79. The van der Waals surface area contributed by atoms with E-state index in [1.54, 1.807) is 0 Å². The molecule has 0 amide bonds. The number of nitrogens with two attached hydrogens (primary N) is 1. The molecule has 100 valence electrons. The van der Waals surface area contributed by atoms with Gasteiger partial charge in [-0.25, -0.2) is 0 Å². The number of benzene rings is 1. The van der Waals surface area contributed by atoms with Crippen LogP contribution in [0.5, 0.6) is 0 Å². The number of hydrogen-bond acceptors (Lipinski definition) is 2. The van der Waals surface area contributed by atoms with Crippen molar-refractivity contribution in [3.63, 3.8) is 0 Å². The Balaban J connectivity index is 1.87. The minimum atomic E-state index is 0.660. The van der Waals surface area contributed by atoms with Gasteiger partial charge in [0.1, 0.15) is 0 Å². The molecule has 2 nitrogen and oxygen atoms in total. The van der Waals surface area contributed by atoms with Gasteiger partial charge in [0, 0.05) is 19.6 Å². The van der Waals surface area contributed by atoms with Crippen LogP contribution >= 0.6 is 0 Å². The van der Waals surface area contributed by atoms with E-state index in [9.17, 15) is 0 Å². The molecule has 1 heterocycles. The Hall–Kier alpha value is -0.860. The largest absolute Gasteiger partial charge is 0.326 e. The molecule has 2 N–H and O–H groups in total. The smallest absolute Gasteiger partial charge is 0.0180 e. The van der Waals surface area contributed by atoms with Gasteiger partial charge in [-0.3, -0.25) is 0 Å². The van der Waals surface area contributed by atoms with E-state index in [-0.39, 0.29) is 0 Å². The van der Waals surface area contributed by atoms with E-state index in [1.807, 2.05) is 0 Å². The molecule has 1 fully saturated rings. The fraction of sp³-hybridized carbons (Fsp3) is 0.625. The average Bonchev–Trinajstić information content (AvgIpc) is 2.45. The Morgan fingerprint density at radius 3 is 2.78 bits per heavy atom. The van der Waals surface area contributed by atoms with Crippen molar-refractivity contribution in [2.75, 3.05) is 19.6 Å². The van der Waals surface area contributed by atoms with Gasteiger partial charge in [-0.05, 0) is 42.9 Å². The monoisotopic (exact) mass is 246 g/mol. The summed E-state index contributed by atoms with van der Waals surface area (Å²) in [5.41, 5.74) is 8.53.